The fourth-order valence-corrected chi connectivity index (χ4v) is 4.60. The Morgan fingerprint density at radius 2 is 1.81 bits per heavy atom. The number of rotatable bonds is 8. The third-order valence-electron chi connectivity index (χ3n) is 5.77. The summed E-state index contributed by atoms with van der Waals surface area (Å²) in [6, 6.07) is 12.4. The summed E-state index contributed by atoms with van der Waals surface area (Å²) < 4.78 is 7.89. The molecule has 0 spiro atoms. The number of primary amides is 2. The number of ether oxygens (including phenoxy) is 1. The lowest BCUT2D eigenvalue weighted by molar-refractivity contribution is 0.0997. The second-order valence-electron chi connectivity index (χ2n) is 8.19. The van der Waals surface area contributed by atoms with Gasteiger partial charge in [-0.15, -0.1) is 11.8 Å². The van der Waals surface area contributed by atoms with Gasteiger partial charge in [0.15, 0.2) is 11.6 Å². The van der Waals surface area contributed by atoms with Crippen molar-refractivity contribution >= 4 is 29.4 Å². The first kappa shape index (κ1) is 24.8. The van der Waals surface area contributed by atoms with E-state index in [-0.39, 0.29) is 16.9 Å². The van der Waals surface area contributed by atoms with Crippen LogP contribution in [-0.2, 0) is 7.05 Å². The molecule has 2 amide bonds. The molecule has 2 aromatic carbocycles. The highest BCUT2D eigenvalue weighted by atomic mass is 32.2. The van der Waals surface area contributed by atoms with Crippen LogP contribution in [0.3, 0.4) is 0 Å². The fourth-order valence-electron chi connectivity index (χ4n) is 3.99. The highest BCUT2D eigenvalue weighted by Crippen LogP contribution is 2.36. The Morgan fingerprint density at radius 3 is 2.44 bits per heavy atom. The smallest absolute Gasteiger partial charge is 0.250 e. The van der Waals surface area contributed by atoms with E-state index in [0.717, 1.165) is 16.7 Å². The van der Waals surface area contributed by atoms with Crippen molar-refractivity contribution in [1.29, 1.82) is 0 Å². The third kappa shape index (κ3) is 4.89. The van der Waals surface area contributed by atoms with Crippen molar-refractivity contribution in [2.24, 2.45) is 18.5 Å². The third-order valence-corrected chi connectivity index (χ3v) is 6.55. The number of pyridine rings is 1. The monoisotopic (exact) mass is 502 g/mol. The lowest BCUT2D eigenvalue weighted by Gasteiger charge is -2.19. The van der Waals surface area contributed by atoms with Crippen molar-refractivity contribution in [3.8, 4) is 28.0 Å². The number of nitrogens with zero attached hydrogens (tertiary/aromatic N) is 3. The molecule has 0 fully saturated rings. The highest BCUT2D eigenvalue weighted by molar-refractivity contribution is 7.98. The Hall–Kier alpha value is -4.31. The zero-order valence-corrected chi connectivity index (χ0v) is 20.9. The Kier molecular flexibility index (Phi) is 6.98. The molecule has 6 N–H and O–H groups in total. The number of carbonyl (C=O) groups excluding carboxylic acids is 2. The summed E-state index contributed by atoms with van der Waals surface area (Å²) in [5.41, 5.74) is 21.4. The molecule has 2 heterocycles. The van der Waals surface area contributed by atoms with E-state index in [1.807, 2.05) is 50.7 Å². The summed E-state index contributed by atoms with van der Waals surface area (Å²) in [5.74, 6) is -0.612. The van der Waals surface area contributed by atoms with Crippen molar-refractivity contribution in [3.63, 3.8) is 0 Å². The van der Waals surface area contributed by atoms with E-state index in [9.17, 15) is 9.59 Å². The van der Waals surface area contributed by atoms with Gasteiger partial charge in [0.1, 0.15) is 6.10 Å². The number of amides is 2. The van der Waals surface area contributed by atoms with Gasteiger partial charge in [-0.1, -0.05) is 18.2 Å². The Bertz CT molecular complexity index is 1470. The molecule has 1 atom stereocenters. The Balaban J connectivity index is 1.73. The van der Waals surface area contributed by atoms with E-state index < -0.39 is 17.9 Å². The zero-order valence-electron chi connectivity index (χ0n) is 20.1. The Morgan fingerprint density at radius 1 is 1.03 bits per heavy atom. The average molecular weight is 503 g/mol. The number of aromatic nitrogens is 3. The summed E-state index contributed by atoms with van der Waals surface area (Å²) >= 11 is 1.36. The molecule has 184 valence electrons. The molecule has 4 rings (SSSR count). The van der Waals surface area contributed by atoms with Gasteiger partial charge in [0.05, 0.1) is 11.8 Å². The van der Waals surface area contributed by atoms with E-state index in [2.05, 4.69) is 10.1 Å². The van der Waals surface area contributed by atoms with Gasteiger partial charge in [-0.2, -0.15) is 5.10 Å². The minimum atomic E-state index is -0.652. The first-order valence-corrected chi connectivity index (χ1v) is 12.2. The molecule has 2 aromatic heterocycles. The highest BCUT2D eigenvalue weighted by Gasteiger charge is 2.22. The van der Waals surface area contributed by atoms with Crippen LogP contribution >= 0.6 is 11.8 Å². The van der Waals surface area contributed by atoms with Crippen molar-refractivity contribution in [2.45, 2.75) is 17.9 Å². The number of thioether (sulfide) groups is 1. The van der Waals surface area contributed by atoms with Gasteiger partial charge >= 0.3 is 0 Å². The van der Waals surface area contributed by atoms with Gasteiger partial charge in [0.25, 0.3) is 0 Å². The molecule has 0 saturated heterocycles. The van der Waals surface area contributed by atoms with E-state index >= 15 is 0 Å². The van der Waals surface area contributed by atoms with E-state index in [0.29, 0.717) is 21.8 Å². The largest absolute Gasteiger partial charge is 0.482 e. The molecule has 9 nitrogen and oxygen atoms in total. The zero-order chi connectivity index (χ0) is 26.0. The molecule has 0 saturated carbocycles. The van der Waals surface area contributed by atoms with Crippen molar-refractivity contribution in [3.05, 3.63) is 77.7 Å². The quantitative estimate of drug-likeness (QED) is 0.310. The molecule has 0 aliphatic carbocycles. The molecule has 10 heteroatoms. The second kappa shape index (κ2) is 10.1. The second-order valence-corrected chi connectivity index (χ2v) is 9.04. The first-order valence-electron chi connectivity index (χ1n) is 11.0. The normalized spacial score (nSPS) is 11.8. The van der Waals surface area contributed by atoms with E-state index in [4.69, 9.17) is 21.9 Å². The number of hydrogen-bond acceptors (Lipinski definition) is 7. The number of carbonyl (C=O) groups is 2. The molecule has 0 bridgehead atoms. The van der Waals surface area contributed by atoms with Crippen LogP contribution in [-0.4, -0.2) is 32.8 Å². The molecule has 0 aliphatic rings. The number of nitrogens with two attached hydrogens (primary N) is 3. The maximum Gasteiger partial charge on any atom is 0.250 e. The van der Waals surface area contributed by atoms with Gasteiger partial charge in [-0.25, -0.2) is 4.98 Å². The maximum atomic E-state index is 12.4. The minimum Gasteiger partial charge on any atom is -0.482 e. The Labute approximate surface area is 212 Å². The van der Waals surface area contributed by atoms with Crippen LogP contribution in [0.4, 0.5) is 5.82 Å². The summed E-state index contributed by atoms with van der Waals surface area (Å²) in [6.45, 7) is 1.87. The standard InChI is InChI=1S/C26H26N6O3S/c1-14(35-20-10-17(11-30-24(20)27)18-12-31-32(2)13-18)15-5-4-6-16(9-15)22-19(25(28)33)7-8-21(36-3)23(22)26(29)34/h4-14H,1-3H3,(H2,27,30)(H2,28,33)(H2,29,34). The van der Waals surface area contributed by atoms with Gasteiger partial charge in [-0.05, 0) is 48.6 Å². The van der Waals surface area contributed by atoms with Crippen molar-refractivity contribution < 1.29 is 14.3 Å². The number of aryl methyl sites for hydroxylation is 1. The topological polar surface area (TPSA) is 152 Å². The van der Waals surface area contributed by atoms with Crippen LogP contribution in [0.25, 0.3) is 22.3 Å². The molecule has 0 radical (unpaired) electrons. The number of nitrogen functional groups attached to an aromatic ring is 1. The van der Waals surface area contributed by atoms with Crippen LogP contribution in [0.15, 0.2) is 66.0 Å². The van der Waals surface area contributed by atoms with Crippen LogP contribution < -0.4 is 21.9 Å². The molecule has 0 aliphatic heterocycles. The molecule has 1 unspecified atom stereocenters. The number of anilines is 1. The summed E-state index contributed by atoms with van der Waals surface area (Å²) in [5, 5.41) is 4.19. The van der Waals surface area contributed by atoms with Crippen LogP contribution in [0.2, 0.25) is 0 Å². The molecular formula is C26H26N6O3S. The van der Waals surface area contributed by atoms with Crippen molar-refractivity contribution in [2.75, 3.05) is 12.0 Å². The van der Waals surface area contributed by atoms with Gasteiger partial charge in [-0.3, -0.25) is 14.3 Å². The van der Waals surface area contributed by atoms with Gasteiger partial charge in [0, 0.05) is 46.6 Å². The molecular weight excluding hydrogens is 476 g/mol. The van der Waals surface area contributed by atoms with E-state index in [1.54, 1.807) is 35.3 Å². The minimum absolute atomic E-state index is 0.213. The lowest BCUT2D eigenvalue weighted by atomic mass is 9.92. The van der Waals surface area contributed by atoms with Crippen LogP contribution in [0, 0.1) is 0 Å². The van der Waals surface area contributed by atoms with E-state index in [1.165, 1.54) is 11.8 Å². The molecule has 4 aromatic rings. The summed E-state index contributed by atoms with van der Waals surface area (Å²) in [6.07, 6.45) is 6.68. The van der Waals surface area contributed by atoms with Gasteiger partial charge in [0.2, 0.25) is 11.8 Å². The summed E-state index contributed by atoms with van der Waals surface area (Å²) in [4.78, 5) is 29.6. The predicted octanol–water partition coefficient (Wildman–Crippen LogP) is 3.79. The maximum absolute atomic E-state index is 12.4. The number of hydrogen-bond donors (Lipinski definition) is 3. The van der Waals surface area contributed by atoms with Crippen LogP contribution in [0.1, 0.15) is 39.3 Å². The fraction of sp³-hybridized carbons (Fsp3) is 0.154. The first-order chi connectivity index (χ1) is 17.2. The summed E-state index contributed by atoms with van der Waals surface area (Å²) in [7, 11) is 1.84. The predicted molar refractivity (Wildman–Crippen MR) is 141 cm³/mol. The SMILES string of the molecule is CSc1ccc(C(N)=O)c(-c2cccc(C(C)Oc3cc(-c4cnn(C)c4)cnc3N)c2)c1C(N)=O. The van der Waals surface area contributed by atoms with Gasteiger partial charge < -0.3 is 21.9 Å². The average Bonchev–Trinajstić information content (AvgIpc) is 3.30. The van der Waals surface area contributed by atoms with Crippen molar-refractivity contribution in [1.82, 2.24) is 14.8 Å². The number of benzene rings is 2. The lowest BCUT2D eigenvalue weighted by Crippen LogP contribution is -2.19. The van der Waals surface area contributed by atoms with Crippen LogP contribution in [0.5, 0.6) is 5.75 Å². The molecule has 36 heavy (non-hydrogen) atoms.